The Morgan fingerprint density at radius 2 is 1.42 bits per heavy atom. The van der Waals surface area contributed by atoms with Gasteiger partial charge in [-0.2, -0.15) is 0 Å². The molecule has 1 nitrogen and oxygen atoms in total. The minimum absolute atomic E-state index is 0.360. The van der Waals surface area contributed by atoms with Gasteiger partial charge in [0.25, 0.3) is 0 Å². The molecule has 2 unspecified atom stereocenters. The maximum atomic E-state index is 3.42. The number of hydrogen-bond donors (Lipinski definition) is 1. The fraction of sp³-hybridized carbons (Fsp3) is 1.00. The average molecular weight is 171 g/mol. The Balaban J connectivity index is 4.35. The van der Waals surface area contributed by atoms with Crippen molar-refractivity contribution in [2.45, 2.75) is 47.6 Å². The number of rotatable bonds is 3. The Morgan fingerprint density at radius 1 is 1.00 bits per heavy atom. The van der Waals surface area contributed by atoms with E-state index in [0.29, 0.717) is 11.5 Å². The summed E-state index contributed by atoms with van der Waals surface area (Å²) in [4.78, 5) is 0. The van der Waals surface area contributed by atoms with Crippen LogP contribution in [0, 0.1) is 17.3 Å². The third-order valence-corrected chi connectivity index (χ3v) is 2.82. The van der Waals surface area contributed by atoms with Gasteiger partial charge in [0.2, 0.25) is 0 Å². The average Bonchev–Trinajstić information content (AvgIpc) is 1.85. The van der Waals surface area contributed by atoms with Crippen molar-refractivity contribution in [3.05, 3.63) is 0 Å². The van der Waals surface area contributed by atoms with Crippen LogP contribution in [-0.4, -0.2) is 13.1 Å². The molecule has 0 radical (unpaired) electrons. The van der Waals surface area contributed by atoms with Crippen LogP contribution in [0.2, 0.25) is 0 Å². The Kier molecular flexibility index (Phi) is 4.25. The van der Waals surface area contributed by atoms with E-state index >= 15 is 0 Å². The number of hydrogen-bond acceptors (Lipinski definition) is 1. The molecular weight excluding hydrogens is 146 g/mol. The van der Waals surface area contributed by atoms with Gasteiger partial charge in [-0.1, -0.05) is 41.5 Å². The first-order chi connectivity index (χ1) is 5.30. The second-order valence-corrected chi connectivity index (χ2v) is 5.24. The van der Waals surface area contributed by atoms with Crippen molar-refractivity contribution in [1.29, 1.82) is 0 Å². The van der Waals surface area contributed by atoms with Crippen molar-refractivity contribution in [2.24, 2.45) is 17.3 Å². The molecule has 0 spiro atoms. The van der Waals surface area contributed by atoms with Crippen molar-refractivity contribution >= 4 is 0 Å². The van der Waals surface area contributed by atoms with E-state index in [0.717, 1.165) is 11.8 Å². The van der Waals surface area contributed by atoms with E-state index in [-0.39, 0.29) is 0 Å². The second kappa shape index (κ2) is 4.27. The molecule has 0 saturated heterocycles. The molecule has 0 heterocycles. The zero-order valence-electron chi connectivity index (χ0n) is 9.73. The van der Waals surface area contributed by atoms with Gasteiger partial charge in [0.15, 0.2) is 0 Å². The molecule has 0 amide bonds. The van der Waals surface area contributed by atoms with Crippen LogP contribution >= 0.6 is 0 Å². The predicted molar refractivity (Wildman–Crippen MR) is 56.3 cm³/mol. The molecule has 1 heteroatoms. The molecule has 0 aliphatic rings. The third kappa shape index (κ3) is 3.14. The topological polar surface area (TPSA) is 12.0 Å². The lowest BCUT2D eigenvalue weighted by atomic mass is 9.75. The van der Waals surface area contributed by atoms with Crippen molar-refractivity contribution in [3.8, 4) is 0 Å². The molecule has 0 rings (SSSR count). The minimum Gasteiger partial charge on any atom is -0.316 e. The quantitative estimate of drug-likeness (QED) is 0.688. The Morgan fingerprint density at radius 3 is 1.50 bits per heavy atom. The molecule has 74 valence electrons. The highest BCUT2D eigenvalue weighted by atomic mass is 14.9. The normalized spacial score (nSPS) is 18.0. The fourth-order valence-corrected chi connectivity index (χ4v) is 1.87. The lowest BCUT2D eigenvalue weighted by Crippen LogP contribution is -2.44. The molecular formula is C11H25N. The summed E-state index contributed by atoms with van der Waals surface area (Å²) in [6, 6.07) is 0.609. The van der Waals surface area contributed by atoms with Gasteiger partial charge < -0.3 is 5.32 Å². The minimum atomic E-state index is 0.360. The van der Waals surface area contributed by atoms with Gasteiger partial charge in [-0.3, -0.25) is 0 Å². The van der Waals surface area contributed by atoms with E-state index in [1.165, 1.54) is 0 Å². The van der Waals surface area contributed by atoms with Crippen LogP contribution in [0.15, 0.2) is 0 Å². The van der Waals surface area contributed by atoms with Crippen molar-refractivity contribution in [3.63, 3.8) is 0 Å². The summed E-state index contributed by atoms with van der Waals surface area (Å²) in [5.41, 5.74) is 0.360. The van der Waals surface area contributed by atoms with Gasteiger partial charge in [0.1, 0.15) is 0 Å². The molecule has 0 saturated carbocycles. The maximum Gasteiger partial charge on any atom is 0.0141 e. The Hall–Kier alpha value is -0.0400. The van der Waals surface area contributed by atoms with Crippen LogP contribution in [0.1, 0.15) is 41.5 Å². The van der Waals surface area contributed by atoms with Crippen molar-refractivity contribution < 1.29 is 0 Å². The smallest absolute Gasteiger partial charge is 0.0141 e. The first kappa shape index (κ1) is 12.0. The standard InChI is InChI=1S/C11H25N/c1-8(2)9(3)10(12-7)11(4,5)6/h8-10,12H,1-7H3. The fourth-order valence-electron chi connectivity index (χ4n) is 1.87. The predicted octanol–water partition coefficient (Wildman–Crippen LogP) is 2.91. The van der Waals surface area contributed by atoms with Crippen LogP contribution in [-0.2, 0) is 0 Å². The van der Waals surface area contributed by atoms with Crippen LogP contribution in [0.25, 0.3) is 0 Å². The molecule has 2 atom stereocenters. The van der Waals surface area contributed by atoms with Crippen molar-refractivity contribution in [1.82, 2.24) is 5.32 Å². The summed E-state index contributed by atoms with van der Waals surface area (Å²) in [5.74, 6) is 1.48. The SMILES string of the molecule is CNC(C(C)C(C)C)C(C)(C)C. The summed E-state index contributed by atoms with van der Waals surface area (Å²) >= 11 is 0. The number of nitrogens with one attached hydrogen (secondary N) is 1. The summed E-state index contributed by atoms with van der Waals surface area (Å²) in [6.45, 7) is 13.8. The molecule has 0 aliphatic carbocycles. The van der Waals surface area contributed by atoms with Crippen LogP contribution in [0.3, 0.4) is 0 Å². The van der Waals surface area contributed by atoms with E-state index in [4.69, 9.17) is 0 Å². The van der Waals surface area contributed by atoms with E-state index in [1.807, 2.05) is 0 Å². The molecule has 0 aliphatic heterocycles. The van der Waals surface area contributed by atoms with E-state index < -0.39 is 0 Å². The largest absolute Gasteiger partial charge is 0.316 e. The molecule has 12 heavy (non-hydrogen) atoms. The molecule has 0 aromatic carbocycles. The van der Waals surface area contributed by atoms with E-state index in [1.54, 1.807) is 0 Å². The molecule has 0 aromatic rings. The highest BCUT2D eigenvalue weighted by Crippen LogP contribution is 2.28. The molecule has 0 aromatic heterocycles. The van der Waals surface area contributed by atoms with Gasteiger partial charge in [0, 0.05) is 6.04 Å². The van der Waals surface area contributed by atoms with Gasteiger partial charge in [0.05, 0.1) is 0 Å². The highest BCUT2D eigenvalue weighted by molar-refractivity contribution is 4.84. The van der Waals surface area contributed by atoms with E-state index in [9.17, 15) is 0 Å². The first-order valence-electron chi connectivity index (χ1n) is 4.98. The second-order valence-electron chi connectivity index (χ2n) is 5.24. The first-order valence-corrected chi connectivity index (χ1v) is 4.98. The zero-order chi connectivity index (χ0) is 9.94. The van der Waals surface area contributed by atoms with Crippen molar-refractivity contribution in [2.75, 3.05) is 7.05 Å². The third-order valence-electron chi connectivity index (χ3n) is 2.82. The summed E-state index contributed by atoms with van der Waals surface area (Å²) in [6.07, 6.45) is 0. The lowest BCUT2D eigenvalue weighted by Gasteiger charge is -2.37. The summed E-state index contributed by atoms with van der Waals surface area (Å²) in [5, 5.41) is 3.42. The lowest BCUT2D eigenvalue weighted by molar-refractivity contribution is 0.178. The zero-order valence-corrected chi connectivity index (χ0v) is 9.73. The molecule has 1 N–H and O–H groups in total. The van der Waals surface area contributed by atoms with Gasteiger partial charge in [-0.25, -0.2) is 0 Å². The van der Waals surface area contributed by atoms with E-state index in [2.05, 4.69) is 53.9 Å². The Labute approximate surface area is 77.9 Å². The highest BCUT2D eigenvalue weighted by Gasteiger charge is 2.29. The van der Waals surface area contributed by atoms with Crippen LogP contribution < -0.4 is 5.32 Å². The van der Waals surface area contributed by atoms with Gasteiger partial charge in [-0.05, 0) is 24.3 Å². The Bertz CT molecular complexity index is 121. The molecule has 0 bridgehead atoms. The van der Waals surface area contributed by atoms with Crippen LogP contribution in [0.5, 0.6) is 0 Å². The molecule has 0 fully saturated rings. The maximum absolute atomic E-state index is 3.42. The summed E-state index contributed by atoms with van der Waals surface area (Å²) < 4.78 is 0. The van der Waals surface area contributed by atoms with Gasteiger partial charge in [-0.15, -0.1) is 0 Å². The van der Waals surface area contributed by atoms with Gasteiger partial charge >= 0.3 is 0 Å². The monoisotopic (exact) mass is 171 g/mol. The van der Waals surface area contributed by atoms with Crippen LogP contribution in [0.4, 0.5) is 0 Å². The summed E-state index contributed by atoms with van der Waals surface area (Å²) in [7, 11) is 2.06.